The zero-order valence-corrected chi connectivity index (χ0v) is 15.7. The largest absolute Gasteiger partial charge is 0.383 e. The molecule has 1 amide bonds. The zero-order chi connectivity index (χ0) is 17.9. The first kappa shape index (κ1) is 17.6. The lowest BCUT2D eigenvalue weighted by Crippen LogP contribution is -2.41. The van der Waals surface area contributed by atoms with Gasteiger partial charge in [-0.25, -0.2) is 0 Å². The highest BCUT2D eigenvalue weighted by Crippen LogP contribution is 2.40. The van der Waals surface area contributed by atoms with Gasteiger partial charge in [0, 0.05) is 36.8 Å². The first-order chi connectivity index (χ1) is 12.8. The highest BCUT2D eigenvalue weighted by Gasteiger charge is 2.33. The van der Waals surface area contributed by atoms with Gasteiger partial charge in [-0.1, -0.05) is 43.9 Å². The Hall–Kier alpha value is -1.81. The number of benzene rings is 1. The first-order valence-electron chi connectivity index (χ1n) is 10.1. The summed E-state index contributed by atoms with van der Waals surface area (Å²) in [7, 11) is 1.71. The van der Waals surface area contributed by atoms with Gasteiger partial charge in [0.15, 0.2) is 0 Å². The Morgan fingerprint density at radius 2 is 1.96 bits per heavy atom. The fourth-order valence-electron chi connectivity index (χ4n) is 5.07. The Balaban J connectivity index is 1.49. The second-order valence-electron chi connectivity index (χ2n) is 8.03. The number of hydrogen-bond acceptors (Lipinski definition) is 2. The van der Waals surface area contributed by atoms with Crippen LogP contribution in [0.4, 0.5) is 0 Å². The predicted molar refractivity (Wildman–Crippen MR) is 104 cm³/mol. The van der Waals surface area contributed by atoms with Crippen molar-refractivity contribution in [1.29, 1.82) is 0 Å². The number of amides is 1. The van der Waals surface area contributed by atoms with Crippen molar-refractivity contribution >= 4 is 16.8 Å². The Morgan fingerprint density at radius 3 is 2.81 bits per heavy atom. The quantitative estimate of drug-likeness (QED) is 0.866. The van der Waals surface area contributed by atoms with E-state index < -0.39 is 0 Å². The monoisotopic (exact) mass is 354 g/mol. The van der Waals surface area contributed by atoms with Crippen LogP contribution in [0, 0.1) is 11.8 Å². The molecule has 4 nitrogen and oxygen atoms in total. The van der Waals surface area contributed by atoms with Crippen LogP contribution in [0.1, 0.15) is 55.3 Å². The molecule has 1 N–H and O–H groups in total. The smallest absolute Gasteiger partial charge is 0.253 e. The number of methoxy groups -OCH3 is 1. The fourth-order valence-corrected chi connectivity index (χ4v) is 5.07. The van der Waals surface area contributed by atoms with Gasteiger partial charge in [0.05, 0.1) is 12.2 Å². The lowest BCUT2D eigenvalue weighted by Gasteiger charge is -2.39. The van der Waals surface area contributed by atoms with Crippen LogP contribution in [-0.2, 0) is 11.3 Å². The summed E-state index contributed by atoms with van der Waals surface area (Å²) >= 11 is 0. The van der Waals surface area contributed by atoms with Gasteiger partial charge < -0.3 is 14.6 Å². The number of hydrogen-bond donors (Lipinski definition) is 1. The molecule has 4 heteroatoms. The molecule has 1 aromatic carbocycles. The van der Waals surface area contributed by atoms with Crippen molar-refractivity contribution in [2.45, 2.75) is 57.5 Å². The van der Waals surface area contributed by atoms with E-state index >= 15 is 0 Å². The zero-order valence-electron chi connectivity index (χ0n) is 15.7. The third-order valence-corrected chi connectivity index (χ3v) is 6.44. The average molecular weight is 354 g/mol. The molecule has 0 saturated heterocycles. The number of fused-ring (bicyclic) bond motifs is 2. The van der Waals surface area contributed by atoms with Gasteiger partial charge in [0.1, 0.15) is 0 Å². The lowest BCUT2D eigenvalue weighted by atomic mass is 9.69. The van der Waals surface area contributed by atoms with Crippen LogP contribution in [-0.4, -0.2) is 30.2 Å². The summed E-state index contributed by atoms with van der Waals surface area (Å²) in [4.78, 5) is 13.0. The average Bonchev–Trinajstić information content (AvgIpc) is 3.05. The molecule has 2 fully saturated rings. The summed E-state index contributed by atoms with van der Waals surface area (Å²) in [6, 6.07) is 8.49. The molecule has 0 aliphatic heterocycles. The number of nitrogens with one attached hydrogen (secondary N) is 1. The van der Waals surface area contributed by atoms with Crippen LogP contribution in [0.5, 0.6) is 0 Å². The van der Waals surface area contributed by atoms with E-state index in [-0.39, 0.29) is 5.91 Å². The molecule has 140 valence electrons. The molecule has 0 bridgehead atoms. The second-order valence-corrected chi connectivity index (χ2v) is 8.03. The van der Waals surface area contributed by atoms with Crippen LogP contribution in [0.2, 0.25) is 0 Å². The van der Waals surface area contributed by atoms with E-state index in [0.29, 0.717) is 12.6 Å². The Bertz CT molecular complexity index is 767. The number of ether oxygens (including phenoxy) is 1. The van der Waals surface area contributed by atoms with Crippen molar-refractivity contribution in [2.24, 2.45) is 11.8 Å². The van der Waals surface area contributed by atoms with E-state index in [9.17, 15) is 4.79 Å². The molecule has 2 aromatic rings. The molecule has 1 aromatic heterocycles. The lowest BCUT2D eigenvalue weighted by molar-refractivity contribution is 0.0880. The van der Waals surface area contributed by atoms with Crippen molar-refractivity contribution in [3.8, 4) is 0 Å². The number of para-hydroxylation sites is 1. The Labute approximate surface area is 155 Å². The maximum atomic E-state index is 13.0. The molecule has 26 heavy (non-hydrogen) atoms. The minimum Gasteiger partial charge on any atom is -0.383 e. The van der Waals surface area contributed by atoms with Crippen LogP contribution in [0.25, 0.3) is 10.9 Å². The third-order valence-electron chi connectivity index (χ3n) is 6.44. The van der Waals surface area contributed by atoms with E-state index in [4.69, 9.17) is 4.74 Å². The molecule has 3 atom stereocenters. The number of carbonyl (C=O) groups excluding carboxylic acids is 1. The Morgan fingerprint density at radius 1 is 1.15 bits per heavy atom. The van der Waals surface area contributed by atoms with Crippen molar-refractivity contribution in [2.75, 3.05) is 13.7 Å². The molecule has 2 aliphatic rings. The molecule has 0 spiro atoms. The standard InChI is InChI=1S/C22H30N2O2/c1-26-13-12-24-15-20(19-8-4-5-9-21(19)24)22(25)23-18-11-10-16-6-2-3-7-17(16)14-18/h4-5,8-9,15-18H,2-3,6-7,10-14H2,1H3,(H,23,25)/t16-,17-,18-/m1/s1. The molecule has 4 rings (SSSR count). The molecule has 0 unspecified atom stereocenters. The highest BCUT2D eigenvalue weighted by molar-refractivity contribution is 6.07. The molecular weight excluding hydrogens is 324 g/mol. The minimum atomic E-state index is 0.0802. The van der Waals surface area contributed by atoms with Gasteiger partial charge in [-0.15, -0.1) is 0 Å². The number of aromatic nitrogens is 1. The van der Waals surface area contributed by atoms with E-state index in [2.05, 4.69) is 16.0 Å². The summed E-state index contributed by atoms with van der Waals surface area (Å²) in [5.74, 6) is 1.82. The first-order valence-corrected chi connectivity index (χ1v) is 10.1. The Kier molecular flexibility index (Phi) is 5.30. The molecular formula is C22H30N2O2. The van der Waals surface area contributed by atoms with Crippen molar-refractivity contribution in [3.05, 3.63) is 36.0 Å². The van der Waals surface area contributed by atoms with Gasteiger partial charge in [-0.2, -0.15) is 0 Å². The third kappa shape index (κ3) is 3.52. The summed E-state index contributed by atoms with van der Waals surface area (Å²) in [6.45, 7) is 1.41. The predicted octanol–water partition coefficient (Wildman–Crippen LogP) is 4.38. The van der Waals surface area contributed by atoms with Gasteiger partial charge in [0.2, 0.25) is 0 Å². The summed E-state index contributed by atoms with van der Waals surface area (Å²) in [5.41, 5.74) is 1.90. The van der Waals surface area contributed by atoms with Crippen molar-refractivity contribution in [1.82, 2.24) is 9.88 Å². The van der Waals surface area contributed by atoms with Crippen molar-refractivity contribution in [3.63, 3.8) is 0 Å². The molecule has 2 aliphatic carbocycles. The number of rotatable bonds is 5. The van der Waals surface area contributed by atoms with Gasteiger partial charge in [-0.3, -0.25) is 4.79 Å². The number of nitrogens with zero attached hydrogens (tertiary/aromatic N) is 1. The van der Waals surface area contributed by atoms with Crippen LogP contribution in [0.3, 0.4) is 0 Å². The van der Waals surface area contributed by atoms with Crippen LogP contribution >= 0.6 is 0 Å². The van der Waals surface area contributed by atoms with E-state index in [0.717, 1.165) is 41.3 Å². The topological polar surface area (TPSA) is 43.3 Å². The van der Waals surface area contributed by atoms with E-state index in [1.165, 1.54) is 38.5 Å². The van der Waals surface area contributed by atoms with Gasteiger partial charge in [0.25, 0.3) is 5.91 Å². The molecule has 2 saturated carbocycles. The van der Waals surface area contributed by atoms with Gasteiger partial charge in [-0.05, 0) is 37.2 Å². The minimum absolute atomic E-state index is 0.0802. The second kappa shape index (κ2) is 7.83. The maximum absolute atomic E-state index is 13.0. The molecule has 0 radical (unpaired) electrons. The van der Waals surface area contributed by atoms with Crippen LogP contribution < -0.4 is 5.32 Å². The summed E-state index contributed by atoms with van der Waals surface area (Å²) in [6.07, 6.45) is 11.1. The van der Waals surface area contributed by atoms with E-state index in [1.807, 2.05) is 24.4 Å². The summed E-state index contributed by atoms with van der Waals surface area (Å²) in [5, 5.41) is 4.38. The van der Waals surface area contributed by atoms with Crippen LogP contribution in [0.15, 0.2) is 30.5 Å². The maximum Gasteiger partial charge on any atom is 0.253 e. The highest BCUT2D eigenvalue weighted by atomic mass is 16.5. The van der Waals surface area contributed by atoms with E-state index in [1.54, 1.807) is 7.11 Å². The summed E-state index contributed by atoms with van der Waals surface area (Å²) < 4.78 is 7.35. The van der Waals surface area contributed by atoms with Crippen molar-refractivity contribution < 1.29 is 9.53 Å². The SMILES string of the molecule is COCCn1cc(C(=O)N[C@@H]2CC[C@H]3CCCC[C@@H]3C2)c2ccccc21. The fraction of sp³-hybridized carbons (Fsp3) is 0.591. The molecule has 1 heterocycles. The normalized spacial score (nSPS) is 25.8. The van der Waals surface area contributed by atoms with Gasteiger partial charge >= 0.3 is 0 Å². The number of carbonyl (C=O) groups is 1.